The molecule has 2 spiro atoms. The normalized spacial score (nSPS) is 43.4. The molecule has 11 heteroatoms. The van der Waals surface area contributed by atoms with Crippen LogP contribution in [0.2, 0.25) is 0 Å². The summed E-state index contributed by atoms with van der Waals surface area (Å²) in [7, 11) is 2.26. The smallest absolute Gasteiger partial charge is 0.239 e. The van der Waals surface area contributed by atoms with Crippen LogP contribution in [0.4, 0.5) is 0 Å². The minimum absolute atomic E-state index is 0.0957. The summed E-state index contributed by atoms with van der Waals surface area (Å²) in [4.78, 5) is 27.6. The third-order valence-electron chi connectivity index (χ3n) is 19.2. The summed E-state index contributed by atoms with van der Waals surface area (Å²) in [6.45, 7) is 17.6. The molecule has 12 rings (SSSR count). The van der Waals surface area contributed by atoms with E-state index in [0.29, 0.717) is 53.3 Å². The van der Waals surface area contributed by atoms with Crippen molar-refractivity contribution in [3.05, 3.63) is 0 Å². The Hall–Kier alpha value is -0.890. The lowest BCUT2D eigenvalue weighted by molar-refractivity contribution is -0.136. The van der Waals surface area contributed by atoms with Crippen molar-refractivity contribution in [2.24, 2.45) is 46.3 Å². The predicted octanol–water partition coefficient (Wildman–Crippen LogP) is 6.06. The number of rotatable bonds is 2. The summed E-state index contributed by atoms with van der Waals surface area (Å²) in [5.74, 6) is 4.66. The van der Waals surface area contributed by atoms with Crippen LogP contribution < -0.4 is 10.7 Å². The second-order valence-corrected chi connectivity index (χ2v) is 23.4. The predicted molar refractivity (Wildman–Crippen MR) is 242 cm³/mol. The zero-order chi connectivity index (χ0) is 41.4. The van der Waals surface area contributed by atoms with Gasteiger partial charge in [-0.05, 0) is 182 Å². The minimum Gasteiger partial charge on any atom is -0.365 e. The molecule has 0 aromatic rings. The molecular formula is C50H88N8O3. The SMILES string of the molecule is CC1CC2CC3CNN(COCC4(CCCCC5(CC5)COCN5CC(CC6CCCCC65)C5CCN(CC5)CN[C@H](C(=O)N5CCN(C6CCN(C)CC6)CC5)C2)CC4)C13. The van der Waals surface area contributed by atoms with E-state index < -0.39 is 0 Å². The van der Waals surface area contributed by atoms with Gasteiger partial charge in [0.2, 0.25) is 5.91 Å². The average Bonchev–Trinajstić information content (AvgIpc) is 4.20. The maximum absolute atomic E-state index is 14.7. The van der Waals surface area contributed by atoms with E-state index in [2.05, 4.69) is 54.2 Å². The van der Waals surface area contributed by atoms with Crippen LogP contribution in [0.5, 0.6) is 0 Å². The minimum atomic E-state index is -0.0957. The molecule has 4 aliphatic carbocycles. The highest BCUT2D eigenvalue weighted by Crippen LogP contribution is 2.53. The van der Waals surface area contributed by atoms with E-state index in [1.165, 1.54) is 142 Å². The third-order valence-corrected chi connectivity index (χ3v) is 19.2. The standard InChI is InChI=1S/C50H88N8O3/c1-38-27-39-28-42-31-52-58(47(38)42)37-61-34-50(17-18-50)14-6-5-13-49(15-16-49)33-60-36-57-32-43(30-41-7-3-4-8-46(41)57)40-9-21-54(22-10-40)35-51-45(29-39)48(59)56-25-23-55(24-26-56)44-11-19-53(2)20-12-44/h38-47,51-52H,3-37H2,1-2H3/t38?,39?,41?,42?,43?,45-,46?,47?/m0/s1. The van der Waals surface area contributed by atoms with E-state index in [0.717, 1.165) is 103 Å². The van der Waals surface area contributed by atoms with Gasteiger partial charge in [0.15, 0.2) is 0 Å². The molecule has 8 aliphatic heterocycles. The van der Waals surface area contributed by atoms with Crippen LogP contribution in [0.15, 0.2) is 0 Å². The van der Waals surface area contributed by atoms with Crippen LogP contribution in [0.25, 0.3) is 0 Å². The van der Waals surface area contributed by atoms with Crippen LogP contribution >= 0.6 is 0 Å². The summed E-state index contributed by atoms with van der Waals surface area (Å²) in [6.07, 6.45) is 26.4. The lowest BCUT2D eigenvalue weighted by Crippen LogP contribution is -2.58. The molecule has 2 N–H and O–H groups in total. The zero-order valence-corrected chi connectivity index (χ0v) is 38.9. The number of hydrogen-bond donors (Lipinski definition) is 2. The van der Waals surface area contributed by atoms with Crippen molar-refractivity contribution in [1.29, 1.82) is 0 Å². The number of carbonyl (C=O) groups excluding carboxylic acids is 1. The lowest BCUT2D eigenvalue weighted by Gasteiger charge is -2.50. The molecular weight excluding hydrogens is 761 g/mol. The molecule has 10 atom stereocenters. The van der Waals surface area contributed by atoms with Gasteiger partial charge in [-0.25, -0.2) is 5.01 Å². The molecule has 9 unspecified atom stereocenters. The Morgan fingerprint density at radius 3 is 2.07 bits per heavy atom. The van der Waals surface area contributed by atoms with Crippen LogP contribution in [0.1, 0.15) is 135 Å². The van der Waals surface area contributed by atoms with Gasteiger partial charge >= 0.3 is 0 Å². The van der Waals surface area contributed by atoms with Crippen LogP contribution in [-0.2, 0) is 14.3 Å². The van der Waals surface area contributed by atoms with Gasteiger partial charge in [-0.1, -0.05) is 32.6 Å². The Kier molecular flexibility index (Phi) is 14.1. The molecule has 8 bridgehead atoms. The van der Waals surface area contributed by atoms with Crippen molar-refractivity contribution in [3.63, 3.8) is 0 Å². The van der Waals surface area contributed by atoms with Crippen molar-refractivity contribution in [1.82, 2.24) is 40.3 Å². The van der Waals surface area contributed by atoms with Gasteiger partial charge in [-0.15, -0.1) is 0 Å². The van der Waals surface area contributed by atoms with Gasteiger partial charge in [0, 0.05) is 64.1 Å². The van der Waals surface area contributed by atoms with E-state index in [1.807, 2.05) is 0 Å². The number of carbonyl (C=O) groups is 1. The van der Waals surface area contributed by atoms with Gasteiger partial charge < -0.3 is 19.3 Å². The monoisotopic (exact) mass is 849 g/mol. The Morgan fingerprint density at radius 1 is 0.639 bits per heavy atom. The summed E-state index contributed by atoms with van der Waals surface area (Å²) in [5.41, 5.74) is 4.71. The van der Waals surface area contributed by atoms with E-state index in [9.17, 15) is 4.79 Å². The number of hydrazine groups is 1. The molecule has 0 radical (unpaired) electrons. The number of fused-ring (bicyclic) bond motifs is 2. The fraction of sp³-hybridized carbons (Fsp3) is 0.980. The summed E-state index contributed by atoms with van der Waals surface area (Å²) in [6, 6.07) is 1.87. The first kappa shape index (κ1) is 44.0. The number of amides is 1. The zero-order valence-electron chi connectivity index (χ0n) is 38.9. The summed E-state index contributed by atoms with van der Waals surface area (Å²) < 4.78 is 13.4. The Bertz CT molecular complexity index is 1420. The highest BCUT2D eigenvalue weighted by atomic mass is 16.5. The molecule has 0 aromatic heterocycles. The second kappa shape index (κ2) is 19.5. The number of likely N-dealkylation sites (tertiary alicyclic amines) is 1. The van der Waals surface area contributed by atoms with Gasteiger partial charge in [-0.3, -0.25) is 30.2 Å². The average molecular weight is 849 g/mol. The third kappa shape index (κ3) is 10.6. The first-order chi connectivity index (χ1) is 29.8. The fourth-order valence-corrected chi connectivity index (χ4v) is 14.9. The molecule has 346 valence electrons. The maximum atomic E-state index is 14.7. The fourth-order valence-electron chi connectivity index (χ4n) is 14.9. The molecule has 1 amide bonds. The molecule has 11 nitrogen and oxygen atoms in total. The number of nitrogens with one attached hydrogen (secondary N) is 2. The van der Waals surface area contributed by atoms with E-state index >= 15 is 0 Å². The van der Waals surface area contributed by atoms with E-state index in [1.54, 1.807) is 0 Å². The molecule has 12 aliphatic rings. The Balaban J connectivity index is 0.806. The largest absolute Gasteiger partial charge is 0.365 e. The first-order valence-corrected chi connectivity index (χ1v) is 26.4. The second-order valence-electron chi connectivity index (χ2n) is 23.4. The maximum Gasteiger partial charge on any atom is 0.239 e. The van der Waals surface area contributed by atoms with E-state index in [4.69, 9.17) is 9.47 Å². The van der Waals surface area contributed by atoms with Crippen LogP contribution in [-0.4, -0.2) is 165 Å². The molecule has 8 heterocycles. The molecule has 8 saturated heterocycles. The van der Waals surface area contributed by atoms with Crippen molar-refractivity contribution in [2.75, 3.05) is 106 Å². The molecule has 61 heavy (non-hydrogen) atoms. The van der Waals surface area contributed by atoms with Gasteiger partial charge in [0.05, 0.1) is 26.0 Å². The van der Waals surface area contributed by atoms with Crippen LogP contribution in [0.3, 0.4) is 0 Å². The van der Waals surface area contributed by atoms with Gasteiger partial charge in [0.1, 0.15) is 6.73 Å². The van der Waals surface area contributed by atoms with Crippen LogP contribution in [0, 0.1) is 46.3 Å². The van der Waals surface area contributed by atoms with Crippen molar-refractivity contribution >= 4 is 5.91 Å². The number of hydrogen-bond acceptors (Lipinski definition) is 10. The van der Waals surface area contributed by atoms with Gasteiger partial charge in [-0.2, -0.15) is 0 Å². The quantitative estimate of drug-likeness (QED) is 0.343. The number of nitrogens with zero attached hydrogens (tertiary/aromatic N) is 6. The summed E-state index contributed by atoms with van der Waals surface area (Å²) in [5, 5.41) is 6.46. The van der Waals surface area contributed by atoms with Gasteiger partial charge in [0.25, 0.3) is 0 Å². The highest BCUT2D eigenvalue weighted by molar-refractivity contribution is 5.82. The molecule has 12 fully saturated rings. The Labute approximate surface area is 371 Å². The van der Waals surface area contributed by atoms with Crippen molar-refractivity contribution in [3.8, 4) is 0 Å². The molecule has 0 aromatic carbocycles. The molecule has 4 saturated carbocycles. The lowest BCUT2D eigenvalue weighted by atomic mass is 9.70. The van der Waals surface area contributed by atoms with Crippen molar-refractivity contribution < 1.29 is 14.3 Å². The van der Waals surface area contributed by atoms with E-state index in [-0.39, 0.29) is 6.04 Å². The number of piperidine rings is 3. The highest BCUT2D eigenvalue weighted by Gasteiger charge is 2.48. The Morgan fingerprint density at radius 2 is 1.34 bits per heavy atom. The summed E-state index contributed by atoms with van der Waals surface area (Å²) >= 11 is 0. The first-order valence-electron chi connectivity index (χ1n) is 26.4. The van der Waals surface area contributed by atoms with Crippen molar-refractivity contribution in [2.45, 2.75) is 160 Å². The topological polar surface area (TPSA) is 79.0 Å². The number of ether oxygens (including phenoxy) is 2. The number of piperazine rings is 1.